The van der Waals surface area contributed by atoms with E-state index in [2.05, 4.69) is 41.7 Å². The van der Waals surface area contributed by atoms with Crippen LogP contribution in [0.4, 0.5) is 11.8 Å². The molecule has 0 radical (unpaired) electrons. The maximum absolute atomic E-state index is 4.62. The maximum atomic E-state index is 4.62. The second-order valence-corrected chi connectivity index (χ2v) is 6.99. The van der Waals surface area contributed by atoms with Crippen molar-refractivity contribution in [2.24, 2.45) is 7.05 Å². The molecule has 5 aromatic rings. The molecule has 0 aliphatic rings. The van der Waals surface area contributed by atoms with Crippen molar-refractivity contribution in [1.82, 2.24) is 39.7 Å². The molecular weight excluding hydrogens is 378 g/mol. The Morgan fingerprint density at radius 1 is 1.00 bits per heavy atom. The normalized spacial score (nSPS) is 11.1. The molecule has 0 bridgehead atoms. The Balaban J connectivity index is 1.42. The zero-order valence-electron chi connectivity index (χ0n) is 16.6. The SMILES string of the molecule is Cc1ccc(Cn2nnc3cc(-c4ccnc(Nc5ccnn5C)n4)ccc32)cn1. The number of benzene rings is 1. The van der Waals surface area contributed by atoms with Crippen molar-refractivity contribution in [3.63, 3.8) is 0 Å². The minimum absolute atomic E-state index is 0.506. The van der Waals surface area contributed by atoms with Crippen LogP contribution in [0.1, 0.15) is 11.3 Å². The summed E-state index contributed by atoms with van der Waals surface area (Å²) in [5.74, 6) is 1.32. The van der Waals surface area contributed by atoms with Crippen molar-refractivity contribution in [1.29, 1.82) is 0 Å². The lowest BCUT2D eigenvalue weighted by molar-refractivity contribution is 0.668. The maximum Gasteiger partial charge on any atom is 0.228 e. The molecule has 0 saturated heterocycles. The van der Waals surface area contributed by atoms with Crippen LogP contribution in [0.25, 0.3) is 22.3 Å². The molecule has 0 atom stereocenters. The quantitative estimate of drug-likeness (QED) is 0.486. The predicted octanol–water partition coefficient (Wildman–Crippen LogP) is 3.12. The summed E-state index contributed by atoms with van der Waals surface area (Å²) in [5.41, 5.74) is 5.59. The minimum atomic E-state index is 0.506. The van der Waals surface area contributed by atoms with Crippen molar-refractivity contribution >= 4 is 22.8 Å². The Hall–Kier alpha value is -4.14. The second-order valence-electron chi connectivity index (χ2n) is 6.99. The standard InChI is InChI=1S/C21H19N9/c1-14-3-4-15(12-23-14)13-30-19-6-5-16(11-18(19)27-28-30)17-7-9-22-21(25-17)26-20-8-10-24-29(20)2/h3-12H,13H2,1-2H3,(H,22,25,26). The predicted molar refractivity (Wildman–Crippen MR) is 113 cm³/mol. The van der Waals surface area contributed by atoms with E-state index in [4.69, 9.17) is 0 Å². The number of hydrogen-bond donors (Lipinski definition) is 1. The van der Waals surface area contributed by atoms with Gasteiger partial charge in [-0.05, 0) is 36.8 Å². The van der Waals surface area contributed by atoms with Gasteiger partial charge < -0.3 is 5.32 Å². The smallest absolute Gasteiger partial charge is 0.228 e. The molecule has 9 nitrogen and oxygen atoms in total. The number of aryl methyl sites for hydroxylation is 2. The molecule has 0 fully saturated rings. The molecule has 148 valence electrons. The second kappa shape index (κ2) is 7.36. The molecule has 1 N–H and O–H groups in total. The van der Waals surface area contributed by atoms with Gasteiger partial charge in [-0.3, -0.25) is 9.67 Å². The topological polar surface area (TPSA) is 99.2 Å². The van der Waals surface area contributed by atoms with Gasteiger partial charge in [-0.25, -0.2) is 14.6 Å². The van der Waals surface area contributed by atoms with Gasteiger partial charge >= 0.3 is 0 Å². The third kappa shape index (κ3) is 3.48. The van der Waals surface area contributed by atoms with Crippen LogP contribution in [0.2, 0.25) is 0 Å². The summed E-state index contributed by atoms with van der Waals surface area (Å²) in [6.45, 7) is 2.59. The van der Waals surface area contributed by atoms with Crippen molar-refractivity contribution in [2.75, 3.05) is 5.32 Å². The largest absolute Gasteiger partial charge is 0.309 e. The van der Waals surface area contributed by atoms with Crippen molar-refractivity contribution < 1.29 is 0 Å². The van der Waals surface area contributed by atoms with E-state index >= 15 is 0 Å². The van der Waals surface area contributed by atoms with Crippen LogP contribution in [0, 0.1) is 6.92 Å². The van der Waals surface area contributed by atoms with E-state index in [1.807, 2.05) is 61.2 Å². The molecule has 0 saturated carbocycles. The zero-order valence-corrected chi connectivity index (χ0v) is 16.6. The fourth-order valence-electron chi connectivity index (χ4n) is 3.20. The van der Waals surface area contributed by atoms with Crippen LogP contribution in [0.5, 0.6) is 0 Å². The van der Waals surface area contributed by atoms with E-state index in [9.17, 15) is 0 Å². The Bertz CT molecular complexity index is 1320. The first-order chi connectivity index (χ1) is 14.7. The average molecular weight is 397 g/mol. The van der Waals surface area contributed by atoms with Gasteiger partial charge in [0.1, 0.15) is 11.3 Å². The number of nitrogens with zero attached hydrogens (tertiary/aromatic N) is 8. The summed E-state index contributed by atoms with van der Waals surface area (Å²) in [7, 11) is 1.86. The number of fused-ring (bicyclic) bond motifs is 1. The highest BCUT2D eigenvalue weighted by atomic mass is 15.4. The van der Waals surface area contributed by atoms with Crippen LogP contribution in [-0.2, 0) is 13.6 Å². The van der Waals surface area contributed by atoms with Crippen LogP contribution < -0.4 is 5.32 Å². The molecule has 0 spiro atoms. The Morgan fingerprint density at radius 2 is 1.93 bits per heavy atom. The highest BCUT2D eigenvalue weighted by Gasteiger charge is 2.10. The molecule has 0 amide bonds. The van der Waals surface area contributed by atoms with Crippen LogP contribution >= 0.6 is 0 Å². The molecule has 0 aliphatic carbocycles. The van der Waals surface area contributed by atoms with Gasteiger partial charge in [-0.1, -0.05) is 17.3 Å². The number of aromatic nitrogens is 8. The van der Waals surface area contributed by atoms with Gasteiger partial charge in [0.15, 0.2) is 0 Å². The number of rotatable bonds is 5. The van der Waals surface area contributed by atoms with Gasteiger partial charge in [0.25, 0.3) is 0 Å². The lowest BCUT2D eigenvalue weighted by atomic mass is 10.1. The fourth-order valence-corrected chi connectivity index (χ4v) is 3.20. The molecule has 5 rings (SSSR count). The Morgan fingerprint density at radius 3 is 2.73 bits per heavy atom. The lowest BCUT2D eigenvalue weighted by Gasteiger charge is -2.07. The van der Waals surface area contributed by atoms with Gasteiger partial charge in [0, 0.05) is 36.8 Å². The number of hydrogen-bond acceptors (Lipinski definition) is 7. The number of nitrogens with one attached hydrogen (secondary N) is 1. The van der Waals surface area contributed by atoms with E-state index in [1.54, 1.807) is 17.1 Å². The summed E-state index contributed by atoms with van der Waals surface area (Å²) in [4.78, 5) is 13.3. The summed E-state index contributed by atoms with van der Waals surface area (Å²) in [5, 5.41) is 16.0. The molecule has 4 heterocycles. The first-order valence-corrected chi connectivity index (χ1v) is 9.49. The van der Waals surface area contributed by atoms with Crippen molar-refractivity contribution in [2.45, 2.75) is 13.5 Å². The van der Waals surface area contributed by atoms with E-state index in [-0.39, 0.29) is 0 Å². The molecular formula is C21H19N9. The summed E-state index contributed by atoms with van der Waals surface area (Å²) < 4.78 is 3.60. The minimum Gasteiger partial charge on any atom is -0.309 e. The van der Waals surface area contributed by atoms with Crippen molar-refractivity contribution in [3.8, 4) is 11.3 Å². The Kier molecular flexibility index (Phi) is 4.40. The van der Waals surface area contributed by atoms with E-state index in [1.165, 1.54) is 0 Å². The average Bonchev–Trinajstić information content (AvgIpc) is 3.35. The van der Waals surface area contributed by atoms with Crippen LogP contribution in [0.15, 0.2) is 61.1 Å². The molecule has 0 aliphatic heterocycles. The van der Waals surface area contributed by atoms with E-state index < -0.39 is 0 Å². The van der Waals surface area contributed by atoms with Crippen LogP contribution in [0.3, 0.4) is 0 Å². The highest BCUT2D eigenvalue weighted by molar-refractivity contribution is 5.80. The fraction of sp³-hybridized carbons (Fsp3) is 0.143. The molecule has 30 heavy (non-hydrogen) atoms. The molecule has 9 heteroatoms. The molecule has 4 aromatic heterocycles. The van der Waals surface area contributed by atoms with E-state index in [0.29, 0.717) is 12.5 Å². The molecule has 0 unspecified atom stereocenters. The summed E-state index contributed by atoms with van der Waals surface area (Å²) >= 11 is 0. The van der Waals surface area contributed by atoms with Gasteiger partial charge in [0.2, 0.25) is 5.95 Å². The number of pyridine rings is 1. The third-order valence-electron chi connectivity index (χ3n) is 4.83. The molecule has 1 aromatic carbocycles. The summed E-state index contributed by atoms with van der Waals surface area (Å²) in [6.07, 6.45) is 5.32. The first kappa shape index (κ1) is 17.9. The van der Waals surface area contributed by atoms with Crippen molar-refractivity contribution in [3.05, 3.63) is 72.3 Å². The lowest BCUT2D eigenvalue weighted by Crippen LogP contribution is -2.03. The first-order valence-electron chi connectivity index (χ1n) is 9.49. The Labute approximate surface area is 172 Å². The summed E-state index contributed by atoms with van der Waals surface area (Å²) in [6, 6.07) is 13.8. The van der Waals surface area contributed by atoms with Crippen LogP contribution in [-0.4, -0.2) is 39.7 Å². The van der Waals surface area contributed by atoms with Gasteiger partial charge in [0.05, 0.1) is 24.0 Å². The van der Waals surface area contributed by atoms with Gasteiger partial charge in [-0.2, -0.15) is 5.10 Å². The third-order valence-corrected chi connectivity index (χ3v) is 4.83. The number of anilines is 2. The highest BCUT2D eigenvalue weighted by Crippen LogP contribution is 2.23. The van der Waals surface area contributed by atoms with Gasteiger partial charge in [-0.15, -0.1) is 5.10 Å². The monoisotopic (exact) mass is 397 g/mol. The zero-order chi connectivity index (χ0) is 20.5. The van der Waals surface area contributed by atoms with E-state index in [0.717, 1.165) is 39.4 Å².